The van der Waals surface area contributed by atoms with Gasteiger partial charge in [-0.15, -0.1) is 0 Å². The summed E-state index contributed by atoms with van der Waals surface area (Å²) in [6.07, 6.45) is 0. The second-order valence-corrected chi connectivity index (χ2v) is 4.14. The molecule has 0 heterocycles. The number of aromatic hydroxyl groups is 2. The number of rotatable bonds is 6. The molecule has 0 saturated heterocycles. The summed E-state index contributed by atoms with van der Waals surface area (Å²) >= 11 is 0. The number of nitrogens with zero attached hydrogens (tertiary/aromatic N) is 1. The molecular formula is C13H21NO3. The van der Waals surface area contributed by atoms with Crippen LogP contribution in [0.5, 0.6) is 11.5 Å². The summed E-state index contributed by atoms with van der Waals surface area (Å²) in [6, 6.07) is 4.79. The second kappa shape index (κ2) is 6.47. The maximum atomic E-state index is 9.44. The van der Waals surface area contributed by atoms with Gasteiger partial charge in [0.1, 0.15) is 11.5 Å². The average Bonchev–Trinajstić information content (AvgIpc) is 2.27. The lowest BCUT2D eigenvalue weighted by atomic mass is 10.1. The Morgan fingerprint density at radius 3 is 2.35 bits per heavy atom. The van der Waals surface area contributed by atoms with E-state index < -0.39 is 0 Å². The van der Waals surface area contributed by atoms with Crippen LogP contribution in [0.3, 0.4) is 0 Å². The molecule has 1 rings (SSSR count). The third kappa shape index (κ3) is 4.24. The quantitative estimate of drug-likeness (QED) is 0.747. The fourth-order valence-corrected chi connectivity index (χ4v) is 1.66. The van der Waals surface area contributed by atoms with E-state index in [1.165, 1.54) is 6.07 Å². The summed E-state index contributed by atoms with van der Waals surface area (Å²) in [5, 5.41) is 18.9. The summed E-state index contributed by atoms with van der Waals surface area (Å²) in [6.45, 7) is 6.21. The van der Waals surface area contributed by atoms with Gasteiger partial charge in [-0.3, -0.25) is 4.90 Å². The predicted molar refractivity (Wildman–Crippen MR) is 67.3 cm³/mol. The molecule has 1 aromatic rings. The topological polar surface area (TPSA) is 52.9 Å². The van der Waals surface area contributed by atoms with Crippen LogP contribution in [0.1, 0.15) is 25.5 Å². The molecule has 0 aliphatic carbocycles. The predicted octanol–water partition coefficient (Wildman–Crippen LogP) is 2.13. The summed E-state index contributed by atoms with van der Waals surface area (Å²) in [5.74, 6) is 0.176. The van der Waals surface area contributed by atoms with E-state index in [0.717, 1.165) is 18.7 Å². The number of phenols is 2. The zero-order valence-corrected chi connectivity index (χ0v) is 10.7. The monoisotopic (exact) mass is 239 g/mol. The van der Waals surface area contributed by atoms with Gasteiger partial charge in [-0.25, -0.2) is 0 Å². The van der Waals surface area contributed by atoms with Crippen LogP contribution in [0.25, 0.3) is 0 Å². The first-order valence-electron chi connectivity index (χ1n) is 5.85. The van der Waals surface area contributed by atoms with E-state index in [2.05, 4.69) is 4.90 Å². The van der Waals surface area contributed by atoms with Crippen molar-refractivity contribution in [3.05, 3.63) is 23.8 Å². The Morgan fingerprint density at radius 2 is 1.82 bits per heavy atom. The van der Waals surface area contributed by atoms with Gasteiger partial charge in [0.25, 0.3) is 0 Å². The van der Waals surface area contributed by atoms with Crippen molar-refractivity contribution in [2.75, 3.05) is 26.8 Å². The highest BCUT2D eigenvalue weighted by Crippen LogP contribution is 2.27. The van der Waals surface area contributed by atoms with Crippen molar-refractivity contribution in [3.8, 4) is 11.5 Å². The molecule has 0 amide bonds. The van der Waals surface area contributed by atoms with Gasteiger partial charge >= 0.3 is 0 Å². The Kier molecular flexibility index (Phi) is 5.25. The SMILES string of the molecule is CCOCCN(C)C(C)c1cc(O)cc(O)c1. The number of hydrogen-bond acceptors (Lipinski definition) is 4. The van der Waals surface area contributed by atoms with E-state index in [1.54, 1.807) is 12.1 Å². The van der Waals surface area contributed by atoms with Crippen molar-refractivity contribution in [1.29, 1.82) is 0 Å². The van der Waals surface area contributed by atoms with E-state index in [-0.39, 0.29) is 17.5 Å². The number of phenolic OH excluding ortho intramolecular Hbond substituents is 2. The third-order valence-electron chi connectivity index (χ3n) is 2.86. The lowest BCUT2D eigenvalue weighted by molar-refractivity contribution is 0.110. The van der Waals surface area contributed by atoms with E-state index in [9.17, 15) is 10.2 Å². The molecule has 0 aromatic heterocycles. The highest BCUT2D eigenvalue weighted by Gasteiger charge is 2.12. The second-order valence-electron chi connectivity index (χ2n) is 4.14. The van der Waals surface area contributed by atoms with Crippen LogP contribution < -0.4 is 0 Å². The van der Waals surface area contributed by atoms with Gasteiger partial charge in [-0.1, -0.05) is 0 Å². The lowest BCUT2D eigenvalue weighted by Gasteiger charge is -2.25. The van der Waals surface area contributed by atoms with Crippen LogP contribution in [0.2, 0.25) is 0 Å². The molecule has 1 unspecified atom stereocenters. The van der Waals surface area contributed by atoms with Crippen LogP contribution in [0.4, 0.5) is 0 Å². The maximum Gasteiger partial charge on any atom is 0.119 e. The highest BCUT2D eigenvalue weighted by atomic mass is 16.5. The number of likely N-dealkylation sites (N-methyl/N-ethyl adjacent to an activating group) is 1. The molecule has 4 heteroatoms. The van der Waals surface area contributed by atoms with Crippen molar-refractivity contribution in [2.24, 2.45) is 0 Å². The van der Waals surface area contributed by atoms with E-state index >= 15 is 0 Å². The van der Waals surface area contributed by atoms with Crippen molar-refractivity contribution >= 4 is 0 Å². The Hall–Kier alpha value is -1.26. The molecule has 0 fully saturated rings. The molecule has 0 aliphatic rings. The van der Waals surface area contributed by atoms with Crippen molar-refractivity contribution in [1.82, 2.24) is 4.90 Å². The summed E-state index contributed by atoms with van der Waals surface area (Å²) in [7, 11) is 1.99. The molecule has 96 valence electrons. The molecular weight excluding hydrogens is 218 g/mol. The molecule has 1 atom stereocenters. The molecule has 0 radical (unpaired) electrons. The third-order valence-corrected chi connectivity index (χ3v) is 2.86. The summed E-state index contributed by atoms with van der Waals surface area (Å²) < 4.78 is 5.30. The Bertz CT molecular complexity index is 334. The largest absolute Gasteiger partial charge is 0.508 e. The molecule has 2 N–H and O–H groups in total. The van der Waals surface area contributed by atoms with Gasteiger partial charge in [0, 0.05) is 25.3 Å². The Balaban J connectivity index is 2.64. The van der Waals surface area contributed by atoms with Gasteiger partial charge in [-0.2, -0.15) is 0 Å². The molecule has 0 saturated carbocycles. The molecule has 4 nitrogen and oxygen atoms in total. The Morgan fingerprint density at radius 1 is 1.24 bits per heavy atom. The van der Waals surface area contributed by atoms with Crippen LogP contribution in [0.15, 0.2) is 18.2 Å². The minimum atomic E-state index is 0.0880. The minimum absolute atomic E-state index is 0.0880. The first-order chi connectivity index (χ1) is 8.04. The maximum absolute atomic E-state index is 9.44. The summed E-state index contributed by atoms with van der Waals surface area (Å²) in [4.78, 5) is 2.11. The van der Waals surface area contributed by atoms with Crippen LogP contribution in [-0.4, -0.2) is 41.9 Å². The van der Waals surface area contributed by atoms with E-state index in [0.29, 0.717) is 6.61 Å². The van der Waals surface area contributed by atoms with Gasteiger partial charge in [0.2, 0.25) is 0 Å². The fourth-order valence-electron chi connectivity index (χ4n) is 1.66. The normalized spacial score (nSPS) is 12.9. The lowest BCUT2D eigenvalue weighted by Crippen LogP contribution is -2.26. The highest BCUT2D eigenvalue weighted by molar-refractivity contribution is 5.37. The minimum Gasteiger partial charge on any atom is -0.508 e. The van der Waals surface area contributed by atoms with Crippen LogP contribution in [0, 0.1) is 0 Å². The average molecular weight is 239 g/mol. The molecule has 17 heavy (non-hydrogen) atoms. The van der Waals surface area contributed by atoms with Gasteiger partial charge in [0.15, 0.2) is 0 Å². The molecule has 0 spiro atoms. The van der Waals surface area contributed by atoms with Crippen LogP contribution >= 0.6 is 0 Å². The van der Waals surface area contributed by atoms with Crippen LogP contribution in [-0.2, 0) is 4.74 Å². The number of hydrogen-bond donors (Lipinski definition) is 2. The number of benzene rings is 1. The molecule has 0 aliphatic heterocycles. The van der Waals surface area contributed by atoms with Gasteiger partial charge in [0.05, 0.1) is 6.61 Å². The fraction of sp³-hybridized carbons (Fsp3) is 0.538. The van der Waals surface area contributed by atoms with Gasteiger partial charge < -0.3 is 14.9 Å². The number of ether oxygens (including phenoxy) is 1. The van der Waals surface area contributed by atoms with Crippen molar-refractivity contribution in [3.63, 3.8) is 0 Å². The Labute approximate surface area is 102 Å². The van der Waals surface area contributed by atoms with E-state index in [1.807, 2.05) is 20.9 Å². The first-order valence-corrected chi connectivity index (χ1v) is 5.85. The smallest absolute Gasteiger partial charge is 0.119 e. The van der Waals surface area contributed by atoms with E-state index in [4.69, 9.17) is 4.74 Å². The van der Waals surface area contributed by atoms with Crippen molar-refractivity contribution < 1.29 is 14.9 Å². The van der Waals surface area contributed by atoms with Crippen molar-refractivity contribution in [2.45, 2.75) is 19.9 Å². The zero-order valence-electron chi connectivity index (χ0n) is 10.7. The summed E-state index contributed by atoms with van der Waals surface area (Å²) in [5.41, 5.74) is 0.890. The first kappa shape index (κ1) is 13.8. The molecule has 1 aromatic carbocycles. The van der Waals surface area contributed by atoms with Gasteiger partial charge in [-0.05, 0) is 38.6 Å². The standard InChI is InChI=1S/C13H21NO3/c1-4-17-6-5-14(3)10(2)11-7-12(15)9-13(16)8-11/h7-10,15-16H,4-6H2,1-3H3. The molecule has 0 bridgehead atoms. The zero-order chi connectivity index (χ0) is 12.8.